The van der Waals surface area contributed by atoms with Gasteiger partial charge < -0.3 is 4.74 Å². The monoisotopic (exact) mass is 240 g/mol. The molecule has 0 bridgehead atoms. The summed E-state index contributed by atoms with van der Waals surface area (Å²) in [6.07, 6.45) is 16.3. The SMILES string of the molecule is CCCCCCCCCCC=CCC(=O)OC. The fourth-order valence-electron chi connectivity index (χ4n) is 1.78. The molecule has 0 N–H and O–H groups in total. The van der Waals surface area contributed by atoms with Crippen LogP contribution in [0.5, 0.6) is 0 Å². The number of unbranched alkanes of at least 4 members (excludes halogenated alkanes) is 8. The van der Waals surface area contributed by atoms with E-state index in [-0.39, 0.29) is 5.97 Å². The highest BCUT2D eigenvalue weighted by Gasteiger charge is 1.93. The van der Waals surface area contributed by atoms with E-state index in [0.29, 0.717) is 6.42 Å². The molecule has 0 radical (unpaired) electrons. The van der Waals surface area contributed by atoms with Crippen molar-refractivity contribution in [2.24, 2.45) is 0 Å². The van der Waals surface area contributed by atoms with Gasteiger partial charge in [-0.15, -0.1) is 0 Å². The third-order valence-corrected chi connectivity index (χ3v) is 2.90. The largest absolute Gasteiger partial charge is 0.469 e. The summed E-state index contributed by atoms with van der Waals surface area (Å²) in [5, 5.41) is 0. The second-order valence-electron chi connectivity index (χ2n) is 4.52. The van der Waals surface area contributed by atoms with Crippen molar-refractivity contribution in [1.82, 2.24) is 0 Å². The van der Waals surface area contributed by atoms with E-state index in [0.717, 1.165) is 6.42 Å². The molecule has 0 atom stereocenters. The number of carbonyl (C=O) groups excluding carboxylic acids is 1. The first-order valence-electron chi connectivity index (χ1n) is 7.03. The van der Waals surface area contributed by atoms with E-state index in [9.17, 15) is 4.79 Å². The molecule has 0 amide bonds. The highest BCUT2D eigenvalue weighted by atomic mass is 16.5. The number of carbonyl (C=O) groups is 1. The standard InChI is InChI=1S/C15H28O2/c1-3-4-5-6-7-8-9-10-11-12-13-14-15(16)17-2/h12-13H,3-11,14H2,1-2H3. The Balaban J connectivity index is 3.10. The molecule has 2 nitrogen and oxygen atoms in total. The van der Waals surface area contributed by atoms with E-state index >= 15 is 0 Å². The zero-order valence-electron chi connectivity index (χ0n) is 11.5. The zero-order chi connectivity index (χ0) is 12.8. The first kappa shape index (κ1) is 16.2. The van der Waals surface area contributed by atoms with Gasteiger partial charge >= 0.3 is 5.97 Å². The van der Waals surface area contributed by atoms with Crippen LogP contribution in [0.2, 0.25) is 0 Å². The van der Waals surface area contributed by atoms with Crippen LogP contribution in [0.3, 0.4) is 0 Å². The maximum Gasteiger partial charge on any atom is 0.309 e. The highest BCUT2D eigenvalue weighted by Crippen LogP contribution is 2.09. The predicted octanol–water partition coefficient (Wildman–Crippen LogP) is 4.64. The molecule has 0 aliphatic rings. The Kier molecular flexibility index (Phi) is 12.7. The first-order chi connectivity index (χ1) is 8.31. The predicted molar refractivity (Wildman–Crippen MR) is 73.0 cm³/mol. The Morgan fingerprint density at radius 2 is 1.53 bits per heavy atom. The fraction of sp³-hybridized carbons (Fsp3) is 0.800. The topological polar surface area (TPSA) is 26.3 Å². The maximum absolute atomic E-state index is 10.8. The molecule has 0 spiro atoms. The van der Waals surface area contributed by atoms with Crippen molar-refractivity contribution in [3.8, 4) is 0 Å². The van der Waals surface area contributed by atoms with Gasteiger partial charge in [-0.2, -0.15) is 0 Å². The molecule has 0 aromatic carbocycles. The van der Waals surface area contributed by atoms with E-state index in [1.54, 1.807) is 0 Å². The van der Waals surface area contributed by atoms with E-state index < -0.39 is 0 Å². The quantitative estimate of drug-likeness (QED) is 0.299. The van der Waals surface area contributed by atoms with Crippen LogP contribution in [0.25, 0.3) is 0 Å². The molecule has 0 fully saturated rings. The van der Waals surface area contributed by atoms with Crippen LogP contribution < -0.4 is 0 Å². The molecule has 0 aromatic heterocycles. The minimum atomic E-state index is -0.155. The van der Waals surface area contributed by atoms with Crippen molar-refractivity contribution < 1.29 is 9.53 Å². The Labute approximate surface area is 106 Å². The molecule has 0 rings (SSSR count). The van der Waals surface area contributed by atoms with Crippen molar-refractivity contribution in [2.45, 2.75) is 71.1 Å². The van der Waals surface area contributed by atoms with Gasteiger partial charge in [0.05, 0.1) is 13.5 Å². The van der Waals surface area contributed by atoms with Gasteiger partial charge in [0.25, 0.3) is 0 Å². The smallest absolute Gasteiger partial charge is 0.309 e. The Morgan fingerprint density at radius 1 is 0.941 bits per heavy atom. The van der Waals surface area contributed by atoms with Crippen molar-refractivity contribution in [3.05, 3.63) is 12.2 Å². The Bertz CT molecular complexity index is 197. The number of methoxy groups -OCH3 is 1. The average molecular weight is 240 g/mol. The van der Waals surface area contributed by atoms with Gasteiger partial charge in [-0.3, -0.25) is 4.79 Å². The molecule has 0 heterocycles. The van der Waals surface area contributed by atoms with Crippen LogP contribution in [-0.2, 0) is 9.53 Å². The van der Waals surface area contributed by atoms with Crippen molar-refractivity contribution in [3.63, 3.8) is 0 Å². The Morgan fingerprint density at radius 3 is 2.12 bits per heavy atom. The molecule has 0 unspecified atom stereocenters. The van der Waals surface area contributed by atoms with E-state index in [1.807, 2.05) is 6.08 Å². The molecule has 100 valence electrons. The molecule has 0 saturated carbocycles. The lowest BCUT2D eigenvalue weighted by atomic mass is 10.1. The molecule has 0 saturated heterocycles. The molecule has 0 aromatic rings. The summed E-state index contributed by atoms with van der Waals surface area (Å²) in [6.45, 7) is 2.25. The molecule has 2 heteroatoms. The lowest BCUT2D eigenvalue weighted by Gasteiger charge is -1.99. The van der Waals surface area contributed by atoms with E-state index in [2.05, 4.69) is 17.7 Å². The van der Waals surface area contributed by atoms with Crippen LogP contribution in [0.15, 0.2) is 12.2 Å². The van der Waals surface area contributed by atoms with Gasteiger partial charge in [0.15, 0.2) is 0 Å². The fourth-order valence-corrected chi connectivity index (χ4v) is 1.78. The van der Waals surface area contributed by atoms with Crippen LogP contribution in [0.1, 0.15) is 71.1 Å². The molecule has 0 aliphatic carbocycles. The van der Waals surface area contributed by atoms with Gasteiger partial charge in [0, 0.05) is 0 Å². The Hall–Kier alpha value is -0.790. The van der Waals surface area contributed by atoms with Crippen LogP contribution >= 0.6 is 0 Å². The lowest BCUT2D eigenvalue weighted by molar-refractivity contribution is -0.139. The third kappa shape index (κ3) is 13.1. The first-order valence-corrected chi connectivity index (χ1v) is 7.03. The number of ether oxygens (including phenoxy) is 1. The van der Waals surface area contributed by atoms with E-state index in [4.69, 9.17) is 0 Å². The second kappa shape index (κ2) is 13.3. The summed E-state index contributed by atoms with van der Waals surface area (Å²) in [7, 11) is 1.43. The number of hydrogen-bond donors (Lipinski definition) is 0. The van der Waals surface area contributed by atoms with Gasteiger partial charge in [0.2, 0.25) is 0 Å². The summed E-state index contributed by atoms with van der Waals surface area (Å²) in [6, 6.07) is 0. The summed E-state index contributed by atoms with van der Waals surface area (Å²) < 4.78 is 4.55. The summed E-state index contributed by atoms with van der Waals surface area (Å²) in [5.41, 5.74) is 0. The average Bonchev–Trinajstić information content (AvgIpc) is 2.35. The summed E-state index contributed by atoms with van der Waals surface area (Å²) in [5.74, 6) is -0.155. The van der Waals surface area contributed by atoms with Gasteiger partial charge in [-0.25, -0.2) is 0 Å². The normalized spacial score (nSPS) is 10.9. The zero-order valence-corrected chi connectivity index (χ0v) is 11.5. The minimum Gasteiger partial charge on any atom is -0.469 e. The van der Waals surface area contributed by atoms with Gasteiger partial charge in [-0.1, -0.05) is 64.0 Å². The van der Waals surface area contributed by atoms with E-state index in [1.165, 1.54) is 58.5 Å². The van der Waals surface area contributed by atoms with Crippen LogP contribution in [0.4, 0.5) is 0 Å². The van der Waals surface area contributed by atoms with Crippen LogP contribution in [-0.4, -0.2) is 13.1 Å². The second-order valence-corrected chi connectivity index (χ2v) is 4.52. The van der Waals surface area contributed by atoms with Crippen LogP contribution in [0, 0.1) is 0 Å². The maximum atomic E-state index is 10.8. The molecule has 17 heavy (non-hydrogen) atoms. The van der Waals surface area contributed by atoms with Gasteiger partial charge in [-0.05, 0) is 12.8 Å². The number of hydrogen-bond acceptors (Lipinski definition) is 2. The number of allylic oxidation sites excluding steroid dienone is 1. The highest BCUT2D eigenvalue weighted by molar-refractivity contribution is 5.70. The third-order valence-electron chi connectivity index (χ3n) is 2.90. The molecular formula is C15H28O2. The number of rotatable bonds is 11. The number of esters is 1. The molecular weight excluding hydrogens is 212 g/mol. The summed E-state index contributed by atoms with van der Waals surface area (Å²) >= 11 is 0. The summed E-state index contributed by atoms with van der Waals surface area (Å²) in [4.78, 5) is 10.8. The lowest BCUT2D eigenvalue weighted by Crippen LogP contribution is -1.96. The minimum absolute atomic E-state index is 0.155. The molecule has 0 aliphatic heterocycles. The van der Waals surface area contributed by atoms with Crippen molar-refractivity contribution in [1.29, 1.82) is 0 Å². The van der Waals surface area contributed by atoms with Crippen molar-refractivity contribution in [2.75, 3.05) is 7.11 Å². The van der Waals surface area contributed by atoms with Gasteiger partial charge in [0.1, 0.15) is 0 Å². The van der Waals surface area contributed by atoms with Crippen molar-refractivity contribution >= 4 is 5.97 Å².